The number of anilines is 1. The minimum atomic E-state index is -0.774. The molecule has 0 aliphatic heterocycles. The fourth-order valence-electron chi connectivity index (χ4n) is 5.18. The van der Waals surface area contributed by atoms with Crippen LogP contribution < -0.4 is 10.1 Å². The van der Waals surface area contributed by atoms with Crippen molar-refractivity contribution in [3.63, 3.8) is 0 Å². The van der Waals surface area contributed by atoms with Gasteiger partial charge in [0.15, 0.2) is 0 Å². The number of amides is 1. The molecule has 0 saturated carbocycles. The van der Waals surface area contributed by atoms with Crippen molar-refractivity contribution in [2.24, 2.45) is 0 Å². The number of hydrogen-bond acceptors (Lipinski definition) is 7. The van der Waals surface area contributed by atoms with Gasteiger partial charge in [0.2, 0.25) is 0 Å². The van der Waals surface area contributed by atoms with E-state index in [0.29, 0.717) is 47.2 Å². The fourth-order valence-corrected chi connectivity index (χ4v) is 5.38. The SMILES string of the molecule is CCOC(=O)Nc1ccc2c(Oc3ccc(C[C@@H](CO)N(Cc4ccccc4)C[C@@H](O)c4cccc(Cl)c4)cc3)ccnc2c1. The van der Waals surface area contributed by atoms with E-state index in [-0.39, 0.29) is 19.3 Å². The lowest BCUT2D eigenvalue weighted by Crippen LogP contribution is -2.41. The highest BCUT2D eigenvalue weighted by Gasteiger charge is 2.23. The summed E-state index contributed by atoms with van der Waals surface area (Å²) >= 11 is 6.18. The summed E-state index contributed by atoms with van der Waals surface area (Å²) in [6.45, 7) is 2.85. The van der Waals surface area contributed by atoms with Crippen LogP contribution in [0.25, 0.3) is 10.9 Å². The molecule has 1 amide bonds. The lowest BCUT2D eigenvalue weighted by molar-refractivity contribution is 0.0566. The molecule has 5 aromatic rings. The van der Waals surface area contributed by atoms with Crippen molar-refractivity contribution in [3.8, 4) is 11.5 Å². The van der Waals surface area contributed by atoms with Gasteiger partial charge in [-0.15, -0.1) is 0 Å². The molecule has 45 heavy (non-hydrogen) atoms. The monoisotopic (exact) mass is 625 g/mol. The van der Waals surface area contributed by atoms with Crippen molar-refractivity contribution in [2.75, 3.05) is 25.1 Å². The number of hydrogen-bond donors (Lipinski definition) is 3. The Morgan fingerprint density at radius 1 is 0.956 bits per heavy atom. The summed E-state index contributed by atoms with van der Waals surface area (Å²) in [5.41, 5.74) is 4.09. The van der Waals surface area contributed by atoms with E-state index in [1.54, 1.807) is 43.5 Å². The standard InChI is InChI=1S/C36H36ClN3O5/c1-2-44-36(43)39-29-13-16-32-33(21-29)38-18-17-35(32)45-31-14-11-25(12-15-31)19-30(24-41)40(22-26-7-4-3-5-8-26)23-34(42)27-9-6-10-28(37)20-27/h3-18,20-21,30,34,41-42H,2,19,22-24H2,1H3,(H,39,43)/t30-,34+/m0/s1. The summed E-state index contributed by atoms with van der Waals surface area (Å²) in [7, 11) is 0. The smallest absolute Gasteiger partial charge is 0.411 e. The van der Waals surface area contributed by atoms with E-state index in [1.165, 1.54) is 0 Å². The maximum absolute atomic E-state index is 11.8. The van der Waals surface area contributed by atoms with Crippen LogP contribution in [0.3, 0.4) is 0 Å². The van der Waals surface area contributed by atoms with Gasteiger partial charge in [0.25, 0.3) is 0 Å². The summed E-state index contributed by atoms with van der Waals surface area (Å²) in [5, 5.41) is 25.7. The van der Waals surface area contributed by atoms with Crippen LogP contribution in [0.1, 0.15) is 29.7 Å². The van der Waals surface area contributed by atoms with Crippen LogP contribution in [0.5, 0.6) is 11.5 Å². The first-order chi connectivity index (χ1) is 21.9. The summed E-state index contributed by atoms with van der Waals surface area (Å²) in [6, 6.07) is 32.0. The quantitative estimate of drug-likeness (QED) is 0.125. The van der Waals surface area contributed by atoms with Gasteiger partial charge in [0.1, 0.15) is 11.5 Å². The molecular formula is C36H36ClN3O5. The zero-order valence-electron chi connectivity index (χ0n) is 25.0. The predicted octanol–water partition coefficient (Wildman–Crippen LogP) is 7.39. The van der Waals surface area contributed by atoms with Gasteiger partial charge in [-0.1, -0.05) is 66.2 Å². The van der Waals surface area contributed by atoms with Crippen LogP contribution >= 0.6 is 11.6 Å². The lowest BCUT2D eigenvalue weighted by atomic mass is 10.0. The van der Waals surface area contributed by atoms with E-state index >= 15 is 0 Å². The second kappa shape index (κ2) is 15.5. The Bertz CT molecular complexity index is 1700. The number of pyridine rings is 1. The Morgan fingerprint density at radius 2 is 1.76 bits per heavy atom. The van der Waals surface area contributed by atoms with Crippen molar-refractivity contribution in [1.82, 2.24) is 9.88 Å². The Morgan fingerprint density at radius 3 is 2.49 bits per heavy atom. The molecule has 0 spiro atoms. The fraction of sp³-hybridized carbons (Fsp3) is 0.222. The molecule has 1 heterocycles. The maximum Gasteiger partial charge on any atom is 0.411 e. The number of carbonyl (C=O) groups excluding carboxylic acids is 1. The van der Waals surface area contributed by atoms with Crippen LogP contribution in [0.4, 0.5) is 10.5 Å². The van der Waals surface area contributed by atoms with Gasteiger partial charge >= 0.3 is 6.09 Å². The number of aliphatic hydroxyl groups excluding tert-OH is 2. The number of aliphatic hydroxyl groups is 2. The highest BCUT2D eigenvalue weighted by Crippen LogP contribution is 2.31. The molecule has 0 aliphatic carbocycles. The molecule has 0 bridgehead atoms. The predicted molar refractivity (Wildman–Crippen MR) is 177 cm³/mol. The molecule has 0 saturated heterocycles. The number of rotatable bonds is 13. The van der Waals surface area contributed by atoms with Gasteiger partial charge in [-0.2, -0.15) is 0 Å². The van der Waals surface area contributed by atoms with Crippen LogP contribution in [-0.4, -0.2) is 52.0 Å². The number of fused-ring (bicyclic) bond motifs is 1. The van der Waals surface area contributed by atoms with Gasteiger partial charge in [-0.3, -0.25) is 15.2 Å². The first kappa shape index (κ1) is 31.9. The summed E-state index contributed by atoms with van der Waals surface area (Å²) in [6.07, 6.45) is 0.934. The Labute approximate surface area is 267 Å². The minimum Gasteiger partial charge on any atom is -0.457 e. The molecule has 0 aliphatic rings. The Balaban J connectivity index is 1.29. The van der Waals surface area contributed by atoms with Crippen molar-refractivity contribution < 1.29 is 24.5 Å². The van der Waals surface area contributed by atoms with Crippen molar-refractivity contribution in [2.45, 2.75) is 32.0 Å². The van der Waals surface area contributed by atoms with Crippen molar-refractivity contribution >= 4 is 34.3 Å². The molecule has 0 unspecified atom stereocenters. The Kier molecular flexibility index (Phi) is 11.0. The van der Waals surface area contributed by atoms with Crippen molar-refractivity contribution in [3.05, 3.63) is 131 Å². The van der Waals surface area contributed by atoms with E-state index in [9.17, 15) is 15.0 Å². The molecule has 1 aromatic heterocycles. The van der Waals surface area contributed by atoms with Crippen molar-refractivity contribution in [1.29, 1.82) is 0 Å². The minimum absolute atomic E-state index is 0.0800. The van der Waals surface area contributed by atoms with Gasteiger partial charge in [-0.25, -0.2) is 4.79 Å². The van der Waals surface area contributed by atoms with Gasteiger partial charge < -0.3 is 19.7 Å². The molecule has 232 valence electrons. The van der Waals surface area contributed by atoms with E-state index < -0.39 is 12.2 Å². The highest BCUT2D eigenvalue weighted by molar-refractivity contribution is 6.30. The number of nitrogens with one attached hydrogen (secondary N) is 1. The average molecular weight is 626 g/mol. The number of nitrogens with zero attached hydrogens (tertiary/aromatic N) is 2. The first-order valence-electron chi connectivity index (χ1n) is 14.8. The summed E-state index contributed by atoms with van der Waals surface area (Å²) in [5.74, 6) is 1.28. The molecular weight excluding hydrogens is 590 g/mol. The third kappa shape index (κ3) is 8.80. The van der Waals surface area contributed by atoms with E-state index in [0.717, 1.165) is 22.1 Å². The third-order valence-corrected chi connectivity index (χ3v) is 7.68. The lowest BCUT2D eigenvalue weighted by Gasteiger charge is -2.32. The zero-order valence-corrected chi connectivity index (χ0v) is 25.7. The van der Waals surface area contributed by atoms with Gasteiger partial charge in [-0.05, 0) is 78.6 Å². The molecule has 4 aromatic carbocycles. The topological polar surface area (TPSA) is 104 Å². The molecule has 3 N–H and O–H groups in total. The van der Waals surface area contributed by atoms with Crippen LogP contribution in [0, 0.1) is 0 Å². The number of halogens is 1. The average Bonchev–Trinajstić information content (AvgIpc) is 3.04. The van der Waals surface area contributed by atoms with Crippen LogP contribution in [0.2, 0.25) is 5.02 Å². The molecule has 0 radical (unpaired) electrons. The second-order valence-electron chi connectivity index (χ2n) is 10.7. The molecule has 5 rings (SSSR count). The second-order valence-corrected chi connectivity index (χ2v) is 11.1. The molecule has 9 heteroatoms. The van der Waals surface area contributed by atoms with E-state index in [4.69, 9.17) is 21.1 Å². The maximum atomic E-state index is 11.8. The number of ether oxygens (including phenoxy) is 2. The van der Waals surface area contributed by atoms with E-state index in [2.05, 4.69) is 15.2 Å². The van der Waals surface area contributed by atoms with Gasteiger partial charge in [0, 0.05) is 41.4 Å². The molecule has 0 fully saturated rings. The normalized spacial score (nSPS) is 12.6. The van der Waals surface area contributed by atoms with E-state index in [1.807, 2.05) is 72.8 Å². The van der Waals surface area contributed by atoms with Crippen LogP contribution in [0.15, 0.2) is 109 Å². The highest BCUT2D eigenvalue weighted by atomic mass is 35.5. The van der Waals surface area contributed by atoms with Gasteiger partial charge in [0.05, 0.1) is 24.8 Å². The Hall–Kier alpha value is -4.47. The summed E-state index contributed by atoms with van der Waals surface area (Å²) < 4.78 is 11.2. The zero-order chi connectivity index (χ0) is 31.6. The third-order valence-electron chi connectivity index (χ3n) is 7.44. The number of aromatic nitrogens is 1. The number of carbonyl (C=O) groups is 1. The largest absolute Gasteiger partial charge is 0.457 e. The molecule has 8 nitrogen and oxygen atoms in total. The van der Waals surface area contributed by atoms with Crippen LogP contribution in [-0.2, 0) is 17.7 Å². The first-order valence-corrected chi connectivity index (χ1v) is 15.2. The molecule has 2 atom stereocenters. The number of benzene rings is 4. The summed E-state index contributed by atoms with van der Waals surface area (Å²) in [4.78, 5) is 18.3.